The third-order valence-corrected chi connectivity index (χ3v) is 8.75. The number of carbonyl (C=O) groups is 1. The number of nitrogens with one attached hydrogen (secondary N) is 1. The number of sulfonamides is 1. The maximum Gasteiger partial charge on any atom is 0.224 e. The number of rotatable bonds is 8. The van der Waals surface area contributed by atoms with E-state index in [0.29, 0.717) is 36.5 Å². The molecule has 0 radical (unpaired) electrons. The van der Waals surface area contributed by atoms with Crippen molar-refractivity contribution in [3.8, 4) is 0 Å². The molecule has 2 aliphatic heterocycles. The summed E-state index contributed by atoms with van der Waals surface area (Å²) in [5.41, 5.74) is 3.00. The zero-order valence-corrected chi connectivity index (χ0v) is 21.2. The SMILES string of the molecule is O=C(NCc1cccc(CN2CCCCC2)c1)[C@@H]1CCCN(S(=O)(=O)Cc2cccc(Cl)c2)C1. The topological polar surface area (TPSA) is 69.7 Å². The van der Waals surface area contributed by atoms with Crippen molar-refractivity contribution in [3.05, 3.63) is 70.2 Å². The molecular formula is C26H34ClN3O3S. The Bertz CT molecular complexity index is 1090. The third kappa shape index (κ3) is 7.04. The number of hydrogen-bond acceptors (Lipinski definition) is 4. The lowest BCUT2D eigenvalue weighted by molar-refractivity contribution is -0.126. The van der Waals surface area contributed by atoms with Gasteiger partial charge in [-0.15, -0.1) is 0 Å². The van der Waals surface area contributed by atoms with Crippen LogP contribution in [0.15, 0.2) is 48.5 Å². The molecule has 0 spiro atoms. The van der Waals surface area contributed by atoms with Gasteiger partial charge in [0.25, 0.3) is 0 Å². The Hall–Kier alpha value is -1.93. The van der Waals surface area contributed by atoms with Gasteiger partial charge in [-0.25, -0.2) is 12.7 Å². The van der Waals surface area contributed by atoms with E-state index in [1.54, 1.807) is 24.3 Å². The van der Waals surface area contributed by atoms with Gasteiger partial charge in [0, 0.05) is 31.2 Å². The maximum atomic E-state index is 13.0. The Morgan fingerprint density at radius 2 is 1.68 bits per heavy atom. The highest BCUT2D eigenvalue weighted by Gasteiger charge is 2.32. The highest BCUT2D eigenvalue weighted by molar-refractivity contribution is 7.88. The molecule has 0 saturated carbocycles. The fourth-order valence-corrected chi connectivity index (χ4v) is 6.70. The number of likely N-dealkylation sites (tertiary alicyclic amines) is 1. The Labute approximate surface area is 208 Å². The van der Waals surface area contributed by atoms with E-state index in [2.05, 4.69) is 22.3 Å². The van der Waals surface area contributed by atoms with E-state index < -0.39 is 10.0 Å². The molecule has 2 heterocycles. The van der Waals surface area contributed by atoms with E-state index >= 15 is 0 Å². The van der Waals surface area contributed by atoms with Crippen LogP contribution in [0.4, 0.5) is 0 Å². The molecule has 2 aromatic carbocycles. The van der Waals surface area contributed by atoms with Gasteiger partial charge in [0.2, 0.25) is 15.9 Å². The second-order valence-corrected chi connectivity index (χ2v) is 11.9. The van der Waals surface area contributed by atoms with Crippen LogP contribution in [0, 0.1) is 5.92 Å². The van der Waals surface area contributed by atoms with Crippen LogP contribution in [0.3, 0.4) is 0 Å². The van der Waals surface area contributed by atoms with Gasteiger partial charge in [-0.1, -0.05) is 54.4 Å². The molecule has 2 fully saturated rings. The number of halogens is 1. The van der Waals surface area contributed by atoms with E-state index in [1.807, 2.05) is 12.1 Å². The molecule has 4 rings (SSSR count). The summed E-state index contributed by atoms with van der Waals surface area (Å²) in [7, 11) is -3.52. The summed E-state index contributed by atoms with van der Waals surface area (Å²) in [6.45, 7) is 4.38. The quantitative estimate of drug-likeness (QED) is 0.586. The molecule has 1 N–H and O–H groups in total. The van der Waals surface area contributed by atoms with Gasteiger partial charge >= 0.3 is 0 Å². The van der Waals surface area contributed by atoms with Crippen molar-refractivity contribution in [1.82, 2.24) is 14.5 Å². The Balaban J connectivity index is 1.30. The second kappa shape index (κ2) is 11.7. The lowest BCUT2D eigenvalue weighted by Crippen LogP contribution is -2.45. The predicted molar refractivity (Wildman–Crippen MR) is 136 cm³/mol. The summed E-state index contributed by atoms with van der Waals surface area (Å²) in [6.07, 6.45) is 5.23. The molecule has 34 heavy (non-hydrogen) atoms. The van der Waals surface area contributed by atoms with Gasteiger partial charge in [0.1, 0.15) is 0 Å². The van der Waals surface area contributed by atoms with Crippen LogP contribution in [-0.4, -0.2) is 49.7 Å². The van der Waals surface area contributed by atoms with Crippen LogP contribution >= 0.6 is 11.6 Å². The van der Waals surface area contributed by atoms with Crippen molar-refractivity contribution in [2.45, 2.75) is 50.9 Å². The van der Waals surface area contributed by atoms with Gasteiger partial charge < -0.3 is 5.32 Å². The molecule has 0 aromatic heterocycles. The average Bonchev–Trinajstić information content (AvgIpc) is 2.83. The molecule has 2 saturated heterocycles. The highest BCUT2D eigenvalue weighted by Crippen LogP contribution is 2.23. The summed E-state index contributed by atoms with van der Waals surface area (Å²) in [5, 5.41) is 3.55. The lowest BCUT2D eigenvalue weighted by Gasteiger charge is -2.31. The largest absolute Gasteiger partial charge is 0.352 e. The summed E-state index contributed by atoms with van der Waals surface area (Å²) >= 11 is 6.00. The first-order chi connectivity index (χ1) is 16.4. The van der Waals surface area contributed by atoms with Crippen molar-refractivity contribution in [2.75, 3.05) is 26.2 Å². The van der Waals surface area contributed by atoms with Crippen LogP contribution in [0.5, 0.6) is 0 Å². The zero-order valence-electron chi connectivity index (χ0n) is 19.6. The third-order valence-electron chi connectivity index (χ3n) is 6.70. The van der Waals surface area contributed by atoms with Gasteiger partial charge in [0.05, 0.1) is 11.7 Å². The molecular weight excluding hydrogens is 470 g/mol. The monoisotopic (exact) mass is 503 g/mol. The zero-order chi connectivity index (χ0) is 24.0. The first-order valence-electron chi connectivity index (χ1n) is 12.2. The number of amides is 1. The Kier molecular flexibility index (Phi) is 8.64. The van der Waals surface area contributed by atoms with Gasteiger partial charge in [-0.3, -0.25) is 9.69 Å². The van der Waals surface area contributed by atoms with Crippen LogP contribution in [0.25, 0.3) is 0 Å². The standard InChI is InChI=1S/C26H34ClN3O3S/c27-25-11-5-9-23(16-25)20-34(32,33)30-14-6-10-24(19-30)26(31)28-17-21-7-4-8-22(15-21)18-29-12-2-1-3-13-29/h4-5,7-9,11,15-16,24H,1-3,6,10,12-14,17-20H2,(H,28,31)/t24-/m1/s1. The van der Waals surface area contributed by atoms with E-state index in [9.17, 15) is 13.2 Å². The van der Waals surface area contributed by atoms with Crippen LogP contribution in [0.2, 0.25) is 5.02 Å². The molecule has 2 aromatic rings. The summed E-state index contributed by atoms with van der Waals surface area (Å²) in [4.78, 5) is 15.4. The number of hydrogen-bond donors (Lipinski definition) is 1. The minimum Gasteiger partial charge on any atom is -0.352 e. The lowest BCUT2D eigenvalue weighted by atomic mass is 9.98. The summed E-state index contributed by atoms with van der Waals surface area (Å²) in [5.74, 6) is -0.519. The normalized spacial score (nSPS) is 20.2. The first kappa shape index (κ1) is 25.2. The van der Waals surface area contributed by atoms with Gasteiger partial charge in [-0.05, 0) is 67.6 Å². The van der Waals surface area contributed by atoms with Crippen LogP contribution in [-0.2, 0) is 33.7 Å². The average molecular weight is 504 g/mol. The Morgan fingerprint density at radius 1 is 0.941 bits per heavy atom. The number of carbonyl (C=O) groups excluding carboxylic acids is 1. The minimum atomic E-state index is -3.52. The van der Waals surface area contributed by atoms with Crippen molar-refractivity contribution in [3.63, 3.8) is 0 Å². The summed E-state index contributed by atoms with van der Waals surface area (Å²) in [6, 6.07) is 15.3. The molecule has 0 unspecified atom stereocenters. The molecule has 1 amide bonds. The van der Waals surface area contributed by atoms with Crippen molar-refractivity contribution < 1.29 is 13.2 Å². The van der Waals surface area contributed by atoms with E-state index in [-0.39, 0.29) is 24.1 Å². The smallest absolute Gasteiger partial charge is 0.224 e. The fraction of sp³-hybridized carbons (Fsp3) is 0.500. The minimum absolute atomic E-state index is 0.0795. The van der Waals surface area contributed by atoms with E-state index in [4.69, 9.17) is 11.6 Å². The Morgan fingerprint density at radius 3 is 2.47 bits per heavy atom. The summed E-state index contributed by atoms with van der Waals surface area (Å²) < 4.78 is 27.4. The van der Waals surface area contributed by atoms with Gasteiger partial charge in [0.15, 0.2) is 0 Å². The number of benzene rings is 2. The molecule has 6 nitrogen and oxygen atoms in total. The van der Waals surface area contributed by atoms with Crippen LogP contribution < -0.4 is 5.32 Å². The second-order valence-electron chi connectivity index (χ2n) is 9.46. The number of nitrogens with zero attached hydrogens (tertiary/aromatic N) is 2. The first-order valence-corrected chi connectivity index (χ1v) is 14.2. The van der Waals surface area contributed by atoms with E-state index in [0.717, 1.165) is 25.2 Å². The molecule has 0 bridgehead atoms. The van der Waals surface area contributed by atoms with Gasteiger partial charge in [-0.2, -0.15) is 0 Å². The number of piperidine rings is 2. The van der Waals surface area contributed by atoms with Crippen molar-refractivity contribution >= 4 is 27.5 Å². The van der Waals surface area contributed by atoms with Crippen molar-refractivity contribution in [2.24, 2.45) is 5.92 Å². The molecule has 184 valence electrons. The maximum absolute atomic E-state index is 13.0. The fourth-order valence-electron chi connectivity index (χ4n) is 4.88. The molecule has 2 aliphatic rings. The van der Waals surface area contributed by atoms with E-state index in [1.165, 1.54) is 29.1 Å². The van der Waals surface area contributed by atoms with Crippen molar-refractivity contribution in [1.29, 1.82) is 0 Å². The van der Waals surface area contributed by atoms with Crippen LogP contribution in [0.1, 0.15) is 48.8 Å². The highest BCUT2D eigenvalue weighted by atomic mass is 35.5. The predicted octanol–water partition coefficient (Wildman–Crippen LogP) is 4.18. The molecule has 0 aliphatic carbocycles. The molecule has 8 heteroatoms. The molecule has 1 atom stereocenters.